The summed E-state index contributed by atoms with van der Waals surface area (Å²) in [5.74, 6) is 1.63. The molecule has 4 heteroatoms. The lowest BCUT2D eigenvalue weighted by Crippen LogP contribution is -2.11. The predicted molar refractivity (Wildman–Crippen MR) is 69.5 cm³/mol. The van der Waals surface area contributed by atoms with Crippen LogP contribution in [0.15, 0.2) is 34.9 Å². The van der Waals surface area contributed by atoms with E-state index in [1.165, 1.54) is 5.56 Å². The summed E-state index contributed by atoms with van der Waals surface area (Å²) in [5.41, 5.74) is 2.04. The Morgan fingerprint density at radius 2 is 2.06 bits per heavy atom. The van der Waals surface area contributed by atoms with Gasteiger partial charge in [0.05, 0.1) is 0 Å². The summed E-state index contributed by atoms with van der Waals surface area (Å²) in [6.07, 6.45) is 0. The van der Waals surface area contributed by atoms with Crippen molar-refractivity contribution < 1.29 is 9.26 Å². The molecule has 1 heterocycles. The smallest absolute Gasteiger partial charge is 0.134 e. The third-order valence-electron chi connectivity index (χ3n) is 2.88. The maximum absolute atomic E-state index is 5.63. The van der Waals surface area contributed by atoms with Crippen LogP contribution in [0.25, 0.3) is 0 Å². The molecule has 0 amide bonds. The summed E-state index contributed by atoms with van der Waals surface area (Å²) >= 11 is 0. The first-order valence-corrected chi connectivity index (χ1v) is 6.01. The molecule has 0 bridgehead atoms. The fourth-order valence-electron chi connectivity index (χ4n) is 1.66. The molecule has 1 unspecified atom stereocenters. The molecule has 18 heavy (non-hydrogen) atoms. The second-order valence-corrected chi connectivity index (χ2v) is 4.30. The number of hydrogen-bond donors (Lipinski definition) is 1. The van der Waals surface area contributed by atoms with Gasteiger partial charge in [0, 0.05) is 12.1 Å². The SMILES string of the molecule is CNC(C)c1ccc(OCc2cc(C)on2)cc1. The fourth-order valence-corrected chi connectivity index (χ4v) is 1.66. The fraction of sp³-hybridized carbons (Fsp3) is 0.357. The van der Waals surface area contributed by atoms with Crippen molar-refractivity contribution in [3.05, 3.63) is 47.3 Å². The minimum atomic E-state index is 0.345. The monoisotopic (exact) mass is 246 g/mol. The molecule has 0 aliphatic rings. The Morgan fingerprint density at radius 3 is 2.61 bits per heavy atom. The molecule has 1 aromatic carbocycles. The predicted octanol–water partition coefficient (Wildman–Crippen LogP) is 2.84. The molecule has 0 fully saturated rings. The third kappa shape index (κ3) is 3.11. The van der Waals surface area contributed by atoms with Crippen LogP contribution < -0.4 is 10.1 Å². The molecule has 0 saturated heterocycles. The maximum atomic E-state index is 5.63. The second kappa shape index (κ2) is 5.69. The van der Waals surface area contributed by atoms with Crippen LogP contribution in [0.5, 0.6) is 5.75 Å². The van der Waals surface area contributed by atoms with Crippen LogP contribution in [0.2, 0.25) is 0 Å². The normalized spacial score (nSPS) is 12.4. The Hall–Kier alpha value is -1.81. The topological polar surface area (TPSA) is 47.3 Å². The molecular formula is C14H18N2O2. The molecule has 0 spiro atoms. The minimum absolute atomic E-state index is 0.345. The van der Waals surface area contributed by atoms with Crippen molar-refractivity contribution in [2.45, 2.75) is 26.5 Å². The van der Waals surface area contributed by atoms with E-state index in [9.17, 15) is 0 Å². The number of ether oxygens (including phenoxy) is 1. The van der Waals surface area contributed by atoms with E-state index in [2.05, 4.69) is 29.5 Å². The number of nitrogens with one attached hydrogen (secondary N) is 1. The molecule has 2 aromatic rings. The molecule has 0 aliphatic carbocycles. The van der Waals surface area contributed by atoms with Crippen LogP contribution >= 0.6 is 0 Å². The van der Waals surface area contributed by atoms with Crippen molar-refractivity contribution in [1.29, 1.82) is 0 Å². The number of benzene rings is 1. The van der Waals surface area contributed by atoms with E-state index in [0.717, 1.165) is 17.2 Å². The first-order chi connectivity index (χ1) is 8.69. The van der Waals surface area contributed by atoms with Crippen molar-refractivity contribution in [3.63, 3.8) is 0 Å². The highest BCUT2D eigenvalue weighted by Gasteiger charge is 2.04. The average Bonchev–Trinajstić information content (AvgIpc) is 2.82. The van der Waals surface area contributed by atoms with Gasteiger partial charge in [0.2, 0.25) is 0 Å². The zero-order valence-corrected chi connectivity index (χ0v) is 10.9. The highest BCUT2D eigenvalue weighted by atomic mass is 16.5. The van der Waals surface area contributed by atoms with E-state index in [4.69, 9.17) is 9.26 Å². The Morgan fingerprint density at radius 1 is 1.33 bits per heavy atom. The molecular weight excluding hydrogens is 228 g/mol. The first kappa shape index (κ1) is 12.6. The maximum Gasteiger partial charge on any atom is 0.134 e. The lowest BCUT2D eigenvalue weighted by Gasteiger charge is -2.11. The quantitative estimate of drug-likeness (QED) is 0.881. The van der Waals surface area contributed by atoms with Crippen molar-refractivity contribution in [3.8, 4) is 5.75 Å². The van der Waals surface area contributed by atoms with Gasteiger partial charge in [0.1, 0.15) is 23.8 Å². The van der Waals surface area contributed by atoms with Gasteiger partial charge in [-0.05, 0) is 38.6 Å². The second-order valence-electron chi connectivity index (χ2n) is 4.30. The number of hydrogen-bond acceptors (Lipinski definition) is 4. The van der Waals surface area contributed by atoms with Gasteiger partial charge in [-0.25, -0.2) is 0 Å². The van der Waals surface area contributed by atoms with Crippen LogP contribution in [0.1, 0.15) is 30.0 Å². The Kier molecular flexibility index (Phi) is 3.99. The Bertz CT molecular complexity index is 491. The zero-order chi connectivity index (χ0) is 13.0. The summed E-state index contributed by atoms with van der Waals surface area (Å²) in [7, 11) is 1.95. The van der Waals surface area contributed by atoms with Crippen LogP contribution in [0.3, 0.4) is 0 Å². The summed E-state index contributed by atoms with van der Waals surface area (Å²) in [5, 5.41) is 7.08. The van der Waals surface area contributed by atoms with Crippen LogP contribution in [-0.4, -0.2) is 12.2 Å². The Balaban J connectivity index is 1.94. The molecule has 1 aromatic heterocycles. The molecule has 4 nitrogen and oxygen atoms in total. The standard InChI is InChI=1S/C14H18N2O2/c1-10-8-13(16-18-10)9-17-14-6-4-12(5-7-14)11(2)15-3/h4-8,11,15H,9H2,1-3H3. The van der Waals surface area contributed by atoms with Crippen molar-refractivity contribution >= 4 is 0 Å². The summed E-state index contributed by atoms with van der Waals surface area (Å²) < 4.78 is 10.6. The number of aryl methyl sites for hydroxylation is 1. The third-order valence-corrected chi connectivity index (χ3v) is 2.88. The van der Waals surface area contributed by atoms with Gasteiger partial charge in [-0.15, -0.1) is 0 Å². The number of aromatic nitrogens is 1. The van der Waals surface area contributed by atoms with Gasteiger partial charge in [-0.2, -0.15) is 0 Å². The van der Waals surface area contributed by atoms with Gasteiger partial charge >= 0.3 is 0 Å². The summed E-state index contributed by atoms with van der Waals surface area (Å²) in [6.45, 7) is 4.41. The first-order valence-electron chi connectivity index (χ1n) is 6.01. The van der Waals surface area contributed by atoms with Crippen molar-refractivity contribution in [1.82, 2.24) is 10.5 Å². The van der Waals surface area contributed by atoms with E-state index in [-0.39, 0.29) is 0 Å². The van der Waals surface area contributed by atoms with Crippen molar-refractivity contribution in [2.24, 2.45) is 0 Å². The van der Waals surface area contributed by atoms with Gasteiger partial charge < -0.3 is 14.6 Å². The van der Waals surface area contributed by atoms with Gasteiger partial charge in [-0.3, -0.25) is 0 Å². The van der Waals surface area contributed by atoms with E-state index in [1.807, 2.05) is 32.2 Å². The molecule has 1 N–H and O–H groups in total. The lowest BCUT2D eigenvalue weighted by molar-refractivity contribution is 0.287. The molecule has 2 rings (SSSR count). The molecule has 96 valence electrons. The zero-order valence-electron chi connectivity index (χ0n) is 10.9. The van der Waals surface area contributed by atoms with Crippen LogP contribution in [0, 0.1) is 6.92 Å². The average molecular weight is 246 g/mol. The van der Waals surface area contributed by atoms with Gasteiger partial charge in [0.25, 0.3) is 0 Å². The largest absolute Gasteiger partial charge is 0.487 e. The highest BCUT2D eigenvalue weighted by Crippen LogP contribution is 2.18. The van der Waals surface area contributed by atoms with Crippen LogP contribution in [-0.2, 0) is 6.61 Å². The number of nitrogens with zero attached hydrogens (tertiary/aromatic N) is 1. The minimum Gasteiger partial charge on any atom is -0.487 e. The van der Waals surface area contributed by atoms with Gasteiger partial charge in [0.15, 0.2) is 0 Å². The molecule has 0 radical (unpaired) electrons. The highest BCUT2D eigenvalue weighted by molar-refractivity contribution is 5.29. The van der Waals surface area contributed by atoms with Crippen molar-refractivity contribution in [2.75, 3.05) is 7.05 Å². The summed E-state index contributed by atoms with van der Waals surface area (Å²) in [4.78, 5) is 0. The number of rotatable bonds is 5. The van der Waals surface area contributed by atoms with Gasteiger partial charge in [-0.1, -0.05) is 17.3 Å². The van der Waals surface area contributed by atoms with E-state index in [1.54, 1.807) is 0 Å². The molecule has 0 aliphatic heterocycles. The van der Waals surface area contributed by atoms with E-state index in [0.29, 0.717) is 12.6 Å². The van der Waals surface area contributed by atoms with E-state index < -0.39 is 0 Å². The van der Waals surface area contributed by atoms with Crippen LogP contribution in [0.4, 0.5) is 0 Å². The summed E-state index contributed by atoms with van der Waals surface area (Å²) in [6, 6.07) is 10.3. The molecule has 1 atom stereocenters. The Labute approximate surface area is 107 Å². The van der Waals surface area contributed by atoms with E-state index >= 15 is 0 Å². The molecule has 0 saturated carbocycles. The lowest BCUT2D eigenvalue weighted by atomic mass is 10.1.